The van der Waals surface area contributed by atoms with Crippen LogP contribution in [0.25, 0.3) is 0 Å². The first-order valence-electron chi connectivity index (χ1n) is 19.0. The molecule has 28 nitrogen and oxygen atoms in total. The van der Waals surface area contributed by atoms with E-state index in [4.69, 9.17) is 16.0 Å². The lowest BCUT2D eigenvalue weighted by Gasteiger charge is -2.34. The second-order valence-corrected chi connectivity index (χ2v) is 16.3. The molecule has 0 saturated carbocycles. The van der Waals surface area contributed by atoms with Crippen molar-refractivity contribution in [3.8, 4) is 11.5 Å². The van der Waals surface area contributed by atoms with Gasteiger partial charge in [0.2, 0.25) is 41.4 Å². The van der Waals surface area contributed by atoms with E-state index in [2.05, 4.69) is 14.8 Å². The topological polar surface area (TPSA) is 472 Å². The van der Waals surface area contributed by atoms with E-state index < -0.39 is 193 Å². The summed E-state index contributed by atoms with van der Waals surface area (Å²) in [6.45, 7) is -0.921. The molecule has 4 rings (SSSR count). The molecule has 1 aromatic carbocycles. The van der Waals surface area contributed by atoms with Crippen LogP contribution in [0.1, 0.15) is 37.9 Å². The first-order valence-corrected chi connectivity index (χ1v) is 20.4. The number of phenols is 1. The van der Waals surface area contributed by atoms with Crippen molar-refractivity contribution in [1.82, 2.24) is 31.1 Å². The molecule has 3 heterocycles. The Kier molecular flexibility index (Phi) is 16.3. The van der Waals surface area contributed by atoms with Gasteiger partial charge in [-0.1, -0.05) is 13.0 Å². The molecule has 352 valence electrons. The maximum atomic E-state index is 14.3. The fourth-order valence-electron chi connectivity index (χ4n) is 7.24. The van der Waals surface area contributed by atoms with Crippen molar-refractivity contribution >= 4 is 51.7 Å². The van der Waals surface area contributed by atoms with E-state index in [0.717, 1.165) is 12.1 Å². The molecule has 0 aromatic heterocycles. The Balaban J connectivity index is 1.86. The molecule has 3 fully saturated rings. The van der Waals surface area contributed by atoms with Gasteiger partial charge in [-0.3, -0.25) is 38.1 Å². The molecule has 0 spiro atoms. The molecule has 3 saturated heterocycles. The summed E-state index contributed by atoms with van der Waals surface area (Å²) < 4.78 is 36.1. The van der Waals surface area contributed by atoms with Gasteiger partial charge in [-0.15, -0.1) is 0 Å². The van der Waals surface area contributed by atoms with E-state index in [1.807, 2.05) is 10.6 Å². The number of primary amides is 1. The quantitative estimate of drug-likeness (QED) is 0.102. The smallest absolute Gasteiger partial charge is 0.446 e. The number of hydrogen-bond acceptors (Lipinski definition) is 20. The summed E-state index contributed by atoms with van der Waals surface area (Å²) in [5, 5.41) is 105. The average molecular weight is 923 g/mol. The third-order valence-corrected chi connectivity index (χ3v) is 10.9. The standard InChI is InChI=1S/C34H50N8O20S/c1-11-8-42-24(25(11)49)32(56)40-30(54)19(47)6-14(35)28(52)37-15(10-43)33(57)41-9-13(44)5-16(41)29(53)39-23(31(55)38-22(34(42)58)18(46)7-21(36)48)27(51)26(50)12-2-3-17(45)20(4-12)62-63(59,60)61/h2-4,11,13-16,18-19,22-27,30,43-47,49-51,54H,5-10,35H2,1H3,(H2,36,48)(H,37,52)(H,38,55)(H,39,53)(H,40,56)(H,59,60,61)/t11-,13+,14-,15-,16-,18+,19+,22-,23-,24-,25-,26-,27-,30+/m0/s1. The maximum absolute atomic E-state index is 14.3. The molecule has 3 aliphatic heterocycles. The number of aliphatic hydroxyl groups is 8. The number of phenolic OH excluding ortho intramolecular Hbond substituents is 1. The minimum absolute atomic E-state index is 0.506. The van der Waals surface area contributed by atoms with Crippen LogP contribution in [0.2, 0.25) is 0 Å². The number of nitrogens with two attached hydrogens (primary N) is 2. The lowest BCUT2D eigenvalue weighted by atomic mass is 9.96. The Bertz CT molecular complexity index is 2030. The third kappa shape index (κ3) is 12.0. The number of amides is 7. The highest BCUT2D eigenvalue weighted by Crippen LogP contribution is 2.32. The summed E-state index contributed by atoms with van der Waals surface area (Å²) in [5.74, 6) is -12.4. The second-order valence-electron chi connectivity index (χ2n) is 15.3. The number of nitrogens with zero attached hydrogens (tertiary/aromatic N) is 2. The lowest BCUT2D eigenvalue weighted by molar-refractivity contribution is -0.149. The molecule has 29 heteroatoms. The largest absolute Gasteiger partial charge is 0.504 e. The van der Waals surface area contributed by atoms with Gasteiger partial charge in [0.1, 0.15) is 48.5 Å². The Morgan fingerprint density at radius 1 is 0.873 bits per heavy atom. The number of carbonyl (C=O) groups is 7. The molecule has 7 amide bonds. The van der Waals surface area contributed by atoms with Crippen LogP contribution in [0.3, 0.4) is 0 Å². The minimum Gasteiger partial charge on any atom is -0.504 e. The molecular weight excluding hydrogens is 872 g/mol. The molecule has 3 aliphatic rings. The number of benzene rings is 1. The second kappa shape index (κ2) is 20.4. The van der Waals surface area contributed by atoms with Gasteiger partial charge in [0, 0.05) is 31.8 Å². The first kappa shape index (κ1) is 50.3. The molecular formula is C34H50N8O20S. The summed E-state index contributed by atoms with van der Waals surface area (Å²) >= 11 is 0. The lowest BCUT2D eigenvalue weighted by Crippen LogP contribution is -2.64. The van der Waals surface area contributed by atoms with Gasteiger partial charge in [-0.05, 0) is 17.7 Å². The van der Waals surface area contributed by atoms with Crippen LogP contribution in [-0.4, -0.2) is 203 Å². The van der Waals surface area contributed by atoms with Gasteiger partial charge in [0.15, 0.2) is 17.7 Å². The monoisotopic (exact) mass is 922 g/mol. The fourth-order valence-corrected chi connectivity index (χ4v) is 7.60. The maximum Gasteiger partial charge on any atom is 0.446 e. The molecule has 14 atom stereocenters. The van der Waals surface area contributed by atoms with Crippen LogP contribution >= 0.6 is 0 Å². The Morgan fingerprint density at radius 3 is 2.11 bits per heavy atom. The average Bonchev–Trinajstić information content (AvgIpc) is 3.74. The molecule has 1 aromatic rings. The number of aliphatic hydroxyl groups excluding tert-OH is 8. The summed E-state index contributed by atoms with van der Waals surface area (Å²) in [5.41, 5.74) is 10.6. The van der Waals surface area contributed by atoms with Crippen molar-refractivity contribution in [2.45, 2.75) is 105 Å². The fraction of sp³-hybridized carbons (Fsp3) is 0.618. The Labute approximate surface area is 356 Å². The van der Waals surface area contributed by atoms with Gasteiger partial charge < -0.3 is 92.7 Å². The van der Waals surface area contributed by atoms with Crippen molar-refractivity contribution < 1.29 is 96.7 Å². The van der Waals surface area contributed by atoms with Crippen molar-refractivity contribution in [2.24, 2.45) is 17.4 Å². The zero-order valence-corrected chi connectivity index (χ0v) is 33.9. The number of nitrogens with one attached hydrogen (secondary N) is 4. The molecule has 0 radical (unpaired) electrons. The van der Waals surface area contributed by atoms with E-state index in [1.165, 1.54) is 6.92 Å². The molecule has 0 unspecified atom stereocenters. The molecule has 18 N–H and O–H groups in total. The number of carbonyl (C=O) groups excluding carboxylic acids is 7. The number of hydrogen-bond donors (Lipinski definition) is 16. The van der Waals surface area contributed by atoms with Crippen LogP contribution in [0.5, 0.6) is 11.5 Å². The van der Waals surface area contributed by atoms with Crippen LogP contribution < -0.4 is 36.9 Å². The summed E-state index contributed by atoms with van der Waals surface area (Å²) in [7, 11) is -5.30. The molecule has 0 bridgehead atoms. The van der Waals surface area contributed by atoms with Crippen molar-refractivity contribution in [2.75, 3.05) is 19.7 Å². The summed E-state index contributed by atoms with van der Waals surface area (Å²) in [6.07, 6.45) is -17.3. The molecule has 63 heavy (non-hydrogen) atoms. The van der Waals surface area contributed by atoms with Gasteiger partial charge >= 0.3 is 10.4 Å². The van der Waals surface area contributed by atoms with Crippen LogP contribution in [0.4, 0.5) is 0 Å². The van der Waals surface area contributed by atoms with Gasteiger partial charge in [0.05, 0.1) is 37.4 Å². The van der Waals surface area contributed by atoms with Crippen molar-refractivity contribution in [3.05, 3.63) is 23.8 Å². The van der Waals surface area contributed by atoms with E-state index in [1.54, 1.807) is 0 Å². The SMILES string of the molecule is C[C@H]1CN2C(=O)[C@H]([C@H](O)CC(N)=O)NC(=O)[C@H]([C@H](O)[C@@H](O)c3ccc(O)c(OS(=O)(=O)O)c3)NC(=O)[C@@H]3C[C@@H](O)CN3C(=O)[C@H](CO)NC(=O)[C@@H](N)C[C@@H](O)[C@@H](O)NC(=O)[C@@H]2[C@H]1O. The van der Waals surface area contributed by atoms with Crippen LogP contribution in [-0.2, 0) is 44.0 Å². The van der Waals surface area contributed by atoms with Crippen LogP contribution in [0.15, 0.2) is 18.2 Å². The highest BCUT2D eigenvalue weighted by atomic mass is 32.3. The molecule has 0 aliphatic carbocycles. The van der Waals surface area contributed by atoms with Gasteiger partial charge in [-0.2, -0.15) is 8.42 Å². The number of rotatable bonds is 9. The minimum atomic E-state index is -5.30. The normalized spacial score (nSPS) is 32.2. The Morgan fingerprint density at radius 2 is 1.51 bits per heavy atom. The van der Waals surface area contributed by atoms with Crippen molar-refractivity contribution in [3.63, 3.8) is 0 Å². The highest BCUT2D eigenvalue weighted by Gasteiger charge is 2.50. The van der Waals surface area contributed by atoms with Crippen LogP contribution in [0, 0.1) is 5.92 Å². The van der Waals surface area contributed by atoms with E-state index in [9.17, 15) is 87.9 Å². The summed E-state index contributed by atoms with van der Waals surface area (Å²) in [4.78, 5) is 96.0. The third-order valence-electron chi connectivity index (χ3n) is 10.6. The number of fused-ring (bicyclic) bond motifs is 2. The van der Waals surface area contributed by atoms with E-state index >= 15 is 0 Å². The summed E-state index contributed by atoms with van der Waals surface area (Å²) in [6, 6.07) is -10.1. The predicted octanol–water partition coefficient (Wildman–Crippen LogP) is -9.65. The van der Waals surface area contributed by atoms with Gasteiger partial charge in [-0.25, -0.2) is 0 Å². The zero-order valence-electron chi connectivity index (χ0n) is 33.1. The van der Waals surface area contributed by atoms with Gasteiger partial charge in [0.25, 0.3) is 0 Å². The predicted molar refractivity (Wildman–Crippen MR) is 203 cm³/mol. The first-order chi connectivity index (χ1) is 29.3. The zero-order chi connectivity index (χ0) is 47.4. The van der Waals surface area contributed by atoms with Crippen molar-refractivity contribution in [1.29, 1.82) is 0 Å². The Hall–Kier alpha value is -5.34. The number of aromatic hydroxyl groups is 1. The van der Waals surface area contributed by atoms with E-state index in [-0.39, 0.29) is 0 Å². The highest BCUT2D eigenvalue weighted by molar-refractivity contribution is 7.81. The van der Waals surface area contributed by atoms with E-state index in [0.29, 0.717) is 15.9 Å².